The monoisotopic (exact) mass is 261 g/mol. The van der Waals surface area contributed by atoms with Crippen molar-refractivity contribution in [1.82, 2.24) is 9.80 Å². The molecule has 0 fully saturated rings. The van der Waals surface area contributed by atoms with Gasteiger partial charge in [0.15, 0.2) is 6.61 Å². The Kier molecular flexibility index (Phi) is 5.83. The number of hydrogen-bond donors (Lipinski definition) is 0. The van der Waals surface area contributed by atoms with Gasteiger partial charge >= 0.3 is 0 Å². The van der Waals surface area contributed by atoms with Gasteiger partial charge in [0.2, 0.25) is 0 Å². The number of carbonyl (C=O) groups is 1. The van der Waals surface area contributed by atoms with E-state index in [-0.39, 0.29) is 12.5 Å². The third-order valence-electron chi connectivity index (χ3n) is 2.65. The fraction of sp³-hybridized carbons (Fsp3) is 0.429. The summed E-state index contributed by atoms with van der Waals surface area (Å²) in [4.78, 5) is 15.4. The fourth-order valence-corrected chi connectivity index (χ4v) is 1.36. The zero-order chi connectivity index (χ0) is 14.3. The van der Waals surface area contributed by atoms with Gasteiger partial charge in [-0.15, -0.1) is 0 Å². The molecule has 1 rings (SSSR count). The number of nitriles is 1. The van der Waals surface area contributed by atoms with Gasteiger partial charge in [0.05, 0.1) is 11.6 Å². The normalized spacial score (nSPS) is 10.1. The molecule has 0 aliphatic heterocycles. The summed E-state index contributed by atoms with van der Waals surface area (Å²) >= 11 is 0. The molecular weight excluding hydrogens is 242 g/mol. The molecule has 19 heavy (non-hydrogen) atoms. The molecule has 0 aliphatic rings. The average Bonchev–Trinajstić information content (AvgIpc) is 2.42. The number of carbonyl (C=O) groups excluding carboxylic acids is 1. The minimum absolute atomic E-state index is 0.00975. The van der Waals surface area contributed by atoms with E-state index in [0.717, 1.165) is 6.54 Å². The largest absolute Gasteiger partial charge is 0.484 e. The van der Waals surface area contributed by atoms with Crippen LogP contribution in [0.1, 0.15) is 5.56 Å². The first-order valence-electron chi connectivity index (χ1n) is 6.04. The minimum Gasteiger partial charge on any atom is -0.484 e. The average molecular weight is 261 g/mol. The standard InChI is InChI=1S/C14H19N3O2/c1-16(2)8-9-17(3)14(18)11-19-13-6-4-12(10-15)5-7-13/h4-7H,8-9,11H2,1-3H3. The summed E-state index contributed by atoms with van der Waals surface area (Å²) in [6, 6.07) is 8.73. The topological polar surface area (TPSA) is 56.6 Å². The zero-order valence-electron chi connectivity index (χ0n) is 11.6. The quantitative estimate of drug-likeness (QED) is 0.765. The Balaban J connectivity index is 2.38. The van der Waals surface area contributed by atoms with Crippen molar-refractivity contribution < 1.29 is 9.53 Å². The van der Waals surface area contributed by atoms with E-state index in [1.807, 2.05) is 25.1 Å². The van der Waals surface area contributed by atoms with Crippen LogP contribution in [0, 0.1) is 11.3 Å². The first-order chi connectivity index (χ1) is 9.02. The molecule has 5 heteroatoms. The van der Waals surface area contributed by atoms with Crippen molar-refractivity contribution in [2.24, 2.45) is 0 Å². The predicted molar refractivity (Wildman–Crippen MR) is 72.8 cm³/mol. The second-order valence-corrected chi connectivity index (χ2v) is 4.54. The number of benzene rings is 1. The van der Waals surface area contributed by atoms with E-state index in [1.165, 1.54) is 0 Å². The fourth-order valence-electron chi connectivity index (χ4n) is 1.36. The van der Waals surface area contributed by atoms with Gasteiger partial charge < -0.3 is 14.5 Å². The third kappa shape index (κ3) is 5.40. The second-order valence-electron chi connectivity index (χ2n) is 4.54. The van der Waals surface area contributed by atoms with Crippen LogP contribution < -0.4 is 4.74 Å². The first-order valence-corrected chi connectivity index (χ1v) is 6.04. The molecule has 0 unspecified atom stereocenters. The molecule has 0 aliphatic carbocycles. The van der Waals surface area contributed by atoms with E-state index in [0.29, 0.717) is 17.9 Å². The SMILES string of the molecule is CN(C)CCN(C)C(=O)COc1ccc(C#N)cc1. The van der Waals surface area contributed by atoms with Crippen LogP contribution >= 0.6 is 0 Å². The summed E-state index contributed by atoms with van der Waals surface area (Å²) in [5.74, 6) is 0.527. The van der Waals surface area contributed by atoms with Gasteiger partial charge in [-0.3, -0.25) is 4.79 Å². The summed E-state index contributed by atoms with van der Waals surface area (Å²) in [6.45, 7) is 1.50. The Morgan fingerprint density at radius 3 is 2.37 bits per heavy atom. The van der Waals surface area contributed by atoms with Gasteiger partial charge in [-0.2, -0.15) is 5.26 Å². The van der Waals surface area contributed by atoms with Crippen LogP contribution in [0.5, 0.6) is 5.75 Å². The third-order valence-corrected chi connectivity index (χ3v) is 2.65. The van der Waals surface area contributed by atoms with Crippen LogP contribution in [-0.4, -0.2) is 56.5 Å². The van der Waals surface area contributed by atoms with Gasteiger partial charge in [0.25, 0.3) is 5.91 Å². The molecule has 0 heterocycles. The van der Waals surface area contributed by atoms with E-state index in [9.17, 15) is 4.79 Å². The molecule has 0 saturated carbocycles. The Hall–Kier alpha value is -2.06. The Morgan fingerprint density at radius 2 is 1.84 bits per heavy atom. The number of hydrogen-bond acceptors (Lipinski definition) is 4. The minimum atomic E-state index is -0.0637. The number of ether oxygens (including phenoxy) is 1. The van der Waals surface area contributed by atoms with Crippen molar-refractivity contribution in [1.29, 1.82) is 5.26 Å². The molecule has 5 nitrogen and oxygen atoms in total. The summed E-state index contributed by atoms with van der Waals surface area (Å²) in [6.07, 6.45) is 0. The number of nitrogens with zero attached hydrogens (tertiary/aromatic N) is 3. The van der Waals surface area contributed by atoms with E-state index < -0.39 is 0 Å². The van der Waals surface area contributed by atoms with Crippen molar-refractivity contribution in [3.63, 3.8) is 0 Å². The first kappa shape index (κ1) is 15.0. The molecular formula is C14H19N3O2. The second kappa shape index (κ2) is 7.39. The van der Waals surface area contributed by atoms with Crippen molar-refractivity contribution in [2.45, 2.75) is 0 Å². The number of amides is 1. The smallest absolute Gasteiger partial charge is 0.260 e. The van der Waals surface area contributed by atoms with Crippen molar-refractivity contribution >= 4 is 5.91 Å². The number of rotatable bonds is 6. The summed E-state index contributed by atoms with van der Waals surface area (Å²) < 4.78 is 5.38. The highest BCUT2D eigenvalue weighted by Crippen LogP contribution is 2.11. The lowest BCUT2D eigenvalue weighted by Gasteiger charge is -2.19. The molecule has 0 aromatic heterocycles. The summed E-state index contributed by atoms with van der Waals surface area (Å²) in [7, 11) is 5.69. The molecule has 1 amide bonds. The van der Waals surface area contributed by atoms with Crippen LogP contribution in [0.3, 0.4) is 0 Å². The van der Waals surface area contributed by atoms with Crippen LogP contribution in [0.15, 0.2) is 24.3 Å². The van der Waals surface area contributed by atoms with Gasteiger partial charge in [0, 0.05) is 20.1 Å². The van der Waals surface area contributed by atoms with Gasteiger partial charge in [0.1, 0.15) is 5.75 Å². The van der Waals surface area contributed by atoms with Gasteiger partial charge in [-0.05, 0) is 38.4 Å². The van der Waals surface area contributed by atoms with E-state index in [4.69, 9.17) is 10.00 Å². The van der Waals surface area contributed by atoms with E-state index >= 15 is 0 Å². The Bertz CT molecular complexity index is 449. The maximum atomic E-state index is 11.8. The lowest BCUT2D eigenvalue weighted by molar-refractivity contribution is -0.132. The predicted octanol–water partition coefficient (Wildman–Crippen LogP) is 0.957. The molecule has 1 aromatic carbocycles. The van der Waals surface area contributed by atoms with E-state index in [1.54, 1.807) is 36.2 Å². The molecule has 0 atom stereocenters. The Labute approximate surface area is 114 Å². The highest BCUT2D eigenvalue weighted by molar-refractivity contribution is 5.77. The molecule has 0 radical (unpaired) electrons. The Morgan fingerprint density at radius 1 is 1.21 bits per heavy atom. The molecule has 0 spiro atoms. The summed E-state index contributed by atoms with van der Waals surface area (Å²) in [5.41, 5.74) is 0.571. The number of likely N-dealkylation sites (N-methyl/N-ethyl adjacent to an activating group) is 2. The van der Waals surface area contributed by atoms with Gasteiger partial charge in [-0.1, -0.05) is 0 Å². The maximum Gasteiger partial charge on any atom is 0.260 e. The van der Waals surface area contributed by atoms with Crippen LogP contribution in [0.25, 0.3) is 0 Å². The highest BCUT2D eigenvalue weighted by atomic mass is 16.5. The molecule has 0 bridgehead atoms. The van der Waals surface area contributed by atoms with Crippen LogP contribution in [0.4, 0.5) is 0 Å². The van der Waals surface area contributed by atoms with Crippen LogP contribution in [0.2, 0.25) is 0 Å². The molecule has 0 N–H and O–H groups in total. The molecule has 102 valence electrons. The molecule has 0 saturated heterocycles. The maximum absolute atomic E-state index is 11.8. The van der Waals surface area contributed by atoms with Crippen molar-refractivity contribution in [2.75, 3.05) is 40.8 Å². The lowest BCUT2D eigenvalue weighted by Crippen LogP contribution is -2.36. The van der Waals surface area contributed by atoms with Crippen molar-refractivity contribution in [3.8, 4) is 11.8 Å². The van der Waals surface area contributed by atoms with Gasteiger partial charge in [-0.25, -0.2) is 0 Å². The molecule has 1 aromatic rings. The lowest BCUT2D eigenvalue weighted by atomic mass is 10.2. The summed E-state index contributed by atoms with van der Waals surface area (Å²) in [5, 5.41) is 8.67. The van der Waals surface area contributed by atoms with Crippen molar-refractivity contribution in [3.05, 3.63) is 29.8 Å². The van der Waals surface area contributed by atoms with E-state index in [2.05, 4.69) is 0 Å². The van der Waals surface area contributed by atoms with Crippen LogP contribution in [-0.2, 0) is 4.79 Å². The zero-order valence-corrected chi connectivity index (χ0v) is 11.6. The highest BCUT2D eigenvalue weighted by Gasteiger charge is 2.09.